The SMILES string of the molecule is CCc1c(C(=O)O)ccc(N(CCC(F)(F)F)C(=O)c2ccc(Oc3ccccc3F)cc2)c1CC. The van der Waals surface area contributed by atoms with E-state index in [1.54, 1.807) is 19.9 Å². The van der Waals surface area contributed by atoms with Crippen LogP contribution in [0.5, 0.6) is 11.5 Å². The van der Waals surface area contributed by atoms with E-state index in [0.29, 0.717) is 24.0 Å². The predicted molar refractivity (Wildman–Crippen MR) is 127 cm³/mol. The van der Waals surface area contributed by atoms with E-state index in [1.165, 1.54) is 54.6 Å². The third-order valence-corrected chi connectivity index (χ3v) is 5.66. The maximum atomic E-state index is 13.9. The number of halogens is 4. The lowest BCUT2D eigenvalue weighted by Crippen LogP contribution is -2.35. The van der Waals surface area contributed by atoms with Gasteiger partial charge in [0.25, 0.3) is 5.91 Å². The van der Waals surface area contributed by atoms with Gasteiger partial charge in [-0.3, -0.25) is 4.79 Å². The van der Waals surface area contributed by atoms with E-state index >= 15 is 0 Å². The summed E-state index contributed by atoms with van der Waals surface area (Å²) in [7, 11) is 0. The van der Waals surface area contributed by atoms with Crippen molar-refractivity contribution in [3.8, 4) is 11.5 Å². The van der Waals surface area contributed by atoms with E-state index < -0.39 is 36.8 Å². The van der Waals surface area contributed by atoms with Gasteiger partial charge in [-0.15, -0.1) is 0 Å². The molecule has 0 aliphatic rings. The number of anilines is 1. The molecular formula is C27H25F4NO4. The molecule has 0 spiro atoms. The minimum absolute atomic E-state index is 0.0124. The zero-order valence-corrected chi connectivity index (χ0v) is 19.7. The summed E-state index contributed by atoms with van der Waals surface area (Å²) in [6, 6.07) is 14.1. The van der Waals surface area contributed by atoms with Crippen molar-refractivity contribution in [1.82, 2.24) is 0 Å². The number of rotatable bonds is 9. The van der Waals surface area contributed by atoms with Crippen LogP contribution in [-0.4, -0.2) is 29.7 Å². The van der Waals surface area contributed by atoms with Crippen LogP contribution in [0, 0.1) is 5.82 Å². The van der Waals surface area contributed by atoms with Crippen molar-refractivity contribution in [3.05, 3.63) is 88.7 Å². The predicted octanol–water partition coefficient (Wildman–Crippen LogP) is 7.04. The Bertz CT molecular complexity index is 1240. The molecule has 0 aromatic heterocycles. The highest BCUT2D eigenvalue weighted by Gasteiger charge is 2.31. The number of nitrogens with zero attached hydrogens (tertiary/aromatic N) is 1. The highest BCUT2D eigenvalue weighted by atomic mass is 19.4. The van der Waals surface area contributed by atoms with Crippen LogP contribution in [-0.2, 0) is 12.8 Å². The number of para-hydroxylation sites is 1. The number of aromatic carboxylic acids is 1. The molecule has 1 N–H and O–H groups in total. The van der Waals surface area contributed by atoms with Crippen LogP contribution in [0.2, 0.25) is 0 Å². The lowest BCUT2D eigenvalue weighted by molar-refractivity contribution is -0.132. The van der Waals surface area contributed by atoms with Gasteiger partial charge in [0.15, 0.2) is 11.6 Å². The number of alkyl halides is 3. The van der Waals surface area contributed by atoms with Crippen LogP contribution in [0.1, 0.15) is 52.1 Å². The number of carboxylic acids is 1. The van der Waals surface area contributed by atoms with Crippen molar-refractivity contribution in [2.75, 3.05) is 11.4 Å². The van der Waals surface area contributed by atoms with Gasteiger partial charge in [-0.05, 0) is 72.5 Å². The van der Waals surface area contributed by atoms with Gasteiger partial charge in [0.2, 0.25) is 0 Å². The fourth-order valence-electron chi connectivity index (χ4n) is 3.98. The van der Waals surface area contributed by atoms with Crippen LogP contribution in [0.3, 0.4) is 0 Å². The second-order valence-corrected chi connectivity index (χ2v) is 7.98. The first-order valence-corrected chi connectivity index (χ1v) is 11.3. The second kappa shape index (κ2) is 11.2. The Morgan fingerprint density at radius 3 is 2.11 bits per heavy atom. The minimum atomic E-state index is -4.50. The first-order valence-electron chi connectivity index (χ1n) is 11.3. The molecule has 0 aliphatic carbocycles. The molecule has 1 amide bonds. The zero-order chi connectivity index (χ0) is 26.5. The molecule has 0 aliphatic heterocycles. The third-order valence-electron chi connectivity index (χ3n) is 5.66. The highest BCUT2D eigenvalue weighted by molar-refractivity contribution is 6.07. The summed E-state index contributed by atoms with van der Waals surface area (Å²) < 4.78 is 58.7. The van der Waals surface area contributed by atoms with Crippen LogP contribution >= 0.6 is 0 Å². The average Bonchev–Trinajstić information content (AvgIpc) is 2.84. The van der Waals surface area contributed by atoms with Crippen LogP contribution in [0.4, 0.5) is 23.2 Å². The summed E-state index contributed by atoms with van der Waals surface area (Å²) in [6.07, 6.45) is -5.08. The van der Waals surface area contributed by atoms with Crippen LogP contribution in [0.15, 0.2) is 60.7 Å². The van der Waals surface area contributed by atoms with Gasteiger partial charge < -0.3 is 14.7 Å². The number of carbonyl (C=O) groups is 2. The van der Waals surface area contributed by atoms with Gasteiger partial charge in [0.1, 0.15) is 5.75 Å². The van der Waals surface area contributed by atoms with Crippen molar-refractivity contribution >= 4 is 17.6 Å². The molecule has 3 aromatic rings. The Kier molecular flexibility index (Phi) is 8.34. The smallest absolute Gasteiger partial charge is 0.390 e. The second-order valence-electron chi connectivity index (χ2n) is 7.98. The molecule has 0 fully saturated rings. The normalized spacial score (nSPS) is 11.3. The largest absolute Gasteiger partial charge is 0.478 e. The monoisotopic (exact) mass is 503 g/mol. The summed E-state index contributed by atoms with van der Waals surface area (Å²) in [4.78, 5) is 26.1. The van der Waals surface area contributed by atoms with Gasteiger partial charge in [0, 0.05) is 17.8 Å². The van der Waals surface area contributed by atoms with Crippen molar-refractivity contribution in [1.29, 1.82) is 0 Å². The minimum Gasteiger partial charge on any atom is -0.478 e. The number of carboxylic acid groups (broad SMARTS) is 1. The summed E-state index contributed by atoms with van der Waals surface area (Å²) in [5.74, 6) is -2.17. The van der Waals surface area contributed by atoms with Gasteiger partial charge in [-0.2, -0.15) is 13.2 Å². The lowest BCUT2D eigenvalue weighted by atomic mass is 9.94. The standard InChI is InChI=1S/C27H25F4NO4/c1-3-19-20(4-2)23(14-13-21(19)26(34)35)32(16-15-27(29,30)31)25(33)17-9-11-18(12-10-17)36-24-8-6-5-7-22(24)28/h5-14H,3-4,15-16H2,1-2H3,(H,34,35). The molecule has 0 saturated carbocycles. The van der Waals surface area contributed by atoms with E-state index in [9.17, 15) is 32.3 Å². The Labute approximate surface area is 205 Å². The molecule has 190 valence electrons. The molecule has 3 rings (SSSR count). The molecule has 0 heterocycles. The lowest BCUT2D eigenvalue weighted by Gasteiger charge is -2.27. The zero-order valence-electron chi connectivity index (χ0n) is 19.7. The van der Waals surface area contributed by atoms with Crippen molar-refractivity contribution in [2.24, 2.45) is 0 Å². The first kappa shape index (κ1) is 26.7. The number of benzene rings is 3. The molecule has 5 nitrogen and oxygen atoms in total. The third kappa shape index (κ3) is 6.21. The molecule has 0 atom stereocenters. The molecule has 0 saturated heterocycles. The van der Waals surface area contributed by atoms with Gasteiger partial charge >= 0.3 is 12.1 Å². The Morgan fingerprint density at radius 1 is 0.917 bits per heavy atom. The number of hydrogen-bond donors (Lipinski definition) is 1. The van der Waals surface area contributed by atoms with E-state index in [1.807, 2.05) is 0 Å². The Balaban J connectivity index is 1.99. The fraction of sp³-hybridized carbons (Fsp3) is 0.259. The van der Waals surface area contributed by atoms with E-state index in [2.05, 4.69) is 0 Å². The Morgan fingerprint density at radius 2 is 1.56 bits per heavy atom. The van der Waals surface area contributed by atoms with E-state index in [0.717, 1.165) is 4.90 Å². The molecule has 0 bridgehead atoms. The number of carbonyl (C=O) groups excluding carboxylic acids is 1. The van der Waals surface area contributed by atoms with Crippen molar-refractivity contribution in [3.63, 3.8) is 0 Å². The average molecular weight is 503 g/mol. The Hall–Kier alpha value is -3.88. The van der Waals surface area contributed by atoms with E-state index in [-0.39, 0.29) is 28.3 Å². The summed E-state index contributed by atoms with van der Waals surface area (Å²) in [5, 5.41) is 9.53. The van der Waals surface area contributed by atoms with Crippen LogP contribution < -0.4 is 9.64 Å². The maximum absolute atomic E-state index is 13.9. The number of hydrogen-bond acceptors (Lipinski definition) is 3. The van der Waals surface area contributed by atoms with Gasteiger partial charge in [0.05, 0.1) is 12.0 Å². The maximum Gasteiger partial charge on any atom is 0.390 e. The topological polar surface area (TPSA) is 66.8 Å². The summed E-state index contributed by atoms with van der Waals surface area (Å²) in [6.45, 7) is 2.87. The number of amides is 1. The molecule has 36 heavy (non-hydrogen) atoms. The molecule has 0 unspecified atom stereocenters. The highest BCUT2D eigenvalue weighted by Crippen LogP contribution is 2.32. The number of ether oxygens (including phenoxy) is 1. The first-order chi connectivity index (χ1) is 17.1. The summed E-state index contributed by atoms with van der Waals surface area (Å²) in [5.41, 5.74) is 1.37. The quantitative estimate of drug-likeness (QED) is 0.318. The molecule has 9 heteroatoms. The molecule has 3 aromatic carbocycles. The van der Waals surface area contributed by atoms with Crippen molar-refractivity contribution < 1.29 is 37.0 Å². The van der Waals surface area contributed by atoms with Crippen LogP contribution in [0.25, 0.3) is 0 Å². The summed E-state index contributed by atoms with van der Waals surface area (Å²) >= 11 is 0. The molecular weight excluding hydrogens is 478 g/mol. The van der Waals surface area contributed by atoms with E-state index in [4.69, 9.17) is 4.74 Å². The molecule has 0 radical (unpaired) electrons. The van der Waals surface area contributed by atoms with Gasteiger partial charge in [-0.1, -0.05) is 26.0 Å². The van der Waals surface area contributed by atoms with Gasteiger partial charge in [-0.25, -0.2) is 9.18 Å². The van der Waals surface area contributed by atoms with Crippen molar-refractivity contribution in [2.45, 2.75) is 39.3 Å². The fourth-order valence-corrected chi connectivity index (χ4v) is 3.98.